The van der Waals surface area contributed by atoms with Gasteiger partial charge in [0, 0.05) is 25.0 Å². The third-order valence-corrected chi connectivity index (χ3v) is 4.49. The smallest absolute Gasteiger partial charge is 0.0589 e. The minimum Gasteiger partial charge on any atom is -0.383 e. The molecular formula is C10H20BrNO. The second kappa shape index (κ2) is 4.76. The molecule has 1 unspecified atom stereocenters. The van der Waals surface area contributed by atoms with Crippen LogP contribution in [0.4, 0.5) is 0 Å². The molecule has 0 aromatic carbocycles. The Kier molecular flexibility index (Phi) is 4.20. The van der Waals surface area contributed by atoms with Gasteiger partial charge in [-0.1, -0.05) is 29.8 Å². The van der Waals surface area contributed by atoms with Gasteiger partial charge in [-0.05, 0) is 18.4 Å². The summed E-state index contributed by atoms with van der Waals surface area (Å²) in [6.07, 6.45) is 1.25. The van der Waals surface area contributed by atoms with E-state index < -0.39 is 0 Å². The van der Waals surface area contributed by atoms with Gasteiger partial charge in [0.1, 0.15) is 0 Å². The molecule has 1 heterocycles. The molecular weight excluding hydrogens is 230 g/mol. The molecule has 1 atom stereocenters. The zero-order valence-electron chi connectivity index (χ0n) is 8.85. The molecule has 0 saturated carbocycles. The summed E-state index contributed by atoms with van der Waals surface area (Å²) >= 11 is 3.75. The highest BCUT2D eigenvalue weighted by molar-refractivity contribution is 9.09. The highest BCUT2D eigenvalue weighted by Crippen LogP contribution is 2.34. The molecule has 0 radical (unpaired) electrons. The predicted molar refractivity (Wildman–Crippen MR) is 59.4 cm³/mol. The van der Waals surface area contributed by atoms with E-state index in [1.165, 1.54) is 19.5 Å². The first kappa shape index (κ1) is 11.5. The first-order chi connectivity index (χ1) is 6.06. The van der Waals surface area contributed by atoms with Crippen LogP contribution in [0.5, 0.6) is 0 Å². The van der Waals surface area contributed by atoms with Crippen molar-refractivity contribution in [3.63, 3.8) is 0 Å². The zero-order valence-corrected chi connectivity index (χ0v) is 10.4. The number of hydrogen-bond donors (Lipinski definition) is 0. The lowest BCUT2D eigenvalue weighted by Gasteiger charge is -2.41. The van der Waals surface area contributed by atoms with Gasteiger partial charge in [-0.15, -0.1) is 0 Å². The summed E-state index contributed by atoms with van der Waals surface area (Å²) in [4.78, 5) is 3.15. The van der Waals surface area contributed by atoms with E-state index in [2.05, 4.69) is 34.7 Å². The third-order valence-electron chi connectivity index (χ3n) is 2.79. The maximum Gasteiger partial charge on any atom is 0.0589 e. The molecule has 1 aliphatic rings. The van der Waals surface area contributed by atoms with E-state index in [0.717, 1.165) is 13.2 Å². The maximum absolute atomic E-state index is 5.09. The van der Waals surface area contributed by atoms with E-state index in [0.29, 0.717) is 10.2 Å². The van der Waals surface area contributed by atoms with E-state index in [1.54, 1.807) is 7.11 Å². The fourth-order valence-corrected chi connectivity index (χ4v) is 2.20. The molecule has 0 N–H and O–H groups in total. The Morgan fingerprint density at radius 1 is 1.54 bits per heavy atom. The van der Waals surface area contributed by atoms with E-state index in [1.807, 2.05) is 0 Å². The summed E-state index contributed by atoms with van der Waals surface area (Å²) in [5, 5.41) is 0. The number of methoxy groups -OCH3 is 1. The minimum absolute atomic E-state index is 0.395. The van der Waals surface area contributed by atoms with Crippen molar-refractivity contribution in [2.75, 3.05) is 33.4 Å². The third kappa shape index (κ3) is 3.22. The lowest BCUT2D eigenvalue weighted by Crippen LogP contribution is -2.47. The van der Waals surface area contributed by atoms with Crippen LogP contribution < -0.4 is 0 Å². The summed E-state index contributed by atoms with van der Waals surface area (Å²) in [5.41, 5.74) is 0.395. The van der Waals surface area contributed by atoms with E-state index in [9.17, 15) is 0 Å². The molecule has 0 amide bonds. The Hall–Kier alpha value is 0.400. The second-order valence-corrected chi connectivity index (χ2v) is 5.62. The van der Waals surface area contributed by atoms with Crippen molar-refractivity contribution < 1.29 is 4.74 Å². The summed E-state index contributed by atoms with van der Waals surface area (Å²) in [5.74, 6) is 0. The van der Waals surface area contributed by atoms with Gasteiger partial charge in [0.05, 0.1) is 6.61 Å². The molecule has 3 heteroatoms. The van der Waals surface area contributed by atoms with Gasteiger partial charge in [-0.25, -0.2) is 0 Å². The molecule has 0 aromatic rings. The van der Waals surface area contributed by atoms with Gasteiger partial charge in [0.15, 0.2) is 0 Å². The highest BCUT2D eigenvalue weighted by Gasteiger charge is 2.33. The Labute approximate surface area is 89.8 Å². The van der Waals surface area contributed by atoms with Crippen LogP contribution in [0.3, 0.4) is 0 Å². The quantitative estimate of drug-likeness (QED) is 0.711. The van der Waals surface area contributed by atoms with E-state index >= 15 is 0 Å². The summed E-state index contributed by atoms with van der Waals surface area (Å²) in [7, 11) is 1.77. The van der Waals surface area contributed by atoms with E-state index in [4.69, 9.17) is 4.74 Å². The average Bonchev–Trinajstić information content (AvgIpc) is 2.07. The van der Waals surface area contributed by atoms with Crippen LogP contribution in [-0.2, 0) is 4.74 Å². The van der Waals surface area contributed by atoms with Gasteiger partial charge in [0.2, 0.25) is 0 Å². The van der Waals surface area contributed by atoms with Crippen LogP contribution in [0, 0.1) is 5.41 Å². The van der Waals surface area contributed by atoms with Crippen molar-refractivity contribution in [3.05, 3.63) is 0 Å². The topological polar surface area (TPSA) is 12.5 Å². The highest BCUT2D eigenvalue weighted by atomic mass is 79.9. The second-order valence-electron chi connectivity index (χ2n) is 4.51. The number of ether oxygens (including phenoxy) is 1. The Morgan fingerprint density at radius 2 is 2.23 bits per heavy atom. The Bertz CT molecular complexity index is 159. The minimum atomic E-state index is 0.395. The number of likely N-dealkylation sites (tertiary alicyclic amines) is 1. The predicted octanol–water partition coefficient (Wildman–Crippen LogP) is 2.13. The van der Waals surface area contributed by atoms with Crippen LogP contribution in [0.15, 0.2) is 0 Å². The lowest BCUT2D eigenvalue weighted by atomic mass is 9.84. The lowest BCUT2D eigenvalue weighted by molar-refractivity contribution is 0.0893. The number of alkyl halides is 1. The normalized spacial score (nSPS) is 29.1. The van der Waals surface area contributed by atoms with Gasteiger partial charge in [-0.2, -0.15) is 0 Å². The molecule has 0 spiro atoms. The zero-order chi connectivity index (χ0) is 9.90. The van der Waals surface area contributed by atoms with Gasteiger partial charge in [0.25, 0.3) is 0 Å². The molecule has 13 heavy (non-hydrogen) atoms. The molecule has 2 nitrogen and oxygen atoms in total. The van der Waals surface area contributed by atoms with Crippen molar-refractivity contribution in [2.24, 2.45) is 5.41 Å². The molecule has 78 valence electrons. The van der Waals surface area contributed by atoms with Crippen LogP contribution in [-0.4, -0.2) is 43.1 Å². The monoisotopic (exact) mass is 249 g/mol. The van der Waals surface area contributed by atoms with Crippen LogP contribution in [0.25, 0.3) is 0 Å². The summed E-state index contributed by atoms with van der Waals surface area (Å²) < 4.78 is 5.09. The number of piperidine rings is 1. The molecule has 1 rings (SSSR count). The molecule has 0 aliphatic carbocycles. The van der Waals surface area contributed by atoms with Gasteiger partial charge < -0.3 is 9.64 Å². The van der Waals surface area contributed by atoms with E-state index in [-0.39, 0.29) is 0 Å². The Morgan fingerprint density at radius 3 is 2.77 bits per heavy atom. The summed E-state index contributed by atoms with van der Waals surface area (Å²) in [6.45, 7) is 8.94. The Balaban J connectivity index is 2.37. The van der Waals surface area contributed by atoms with Crippen LogP contribution in [0.1, 0.15) is 20.3 Å². The first-order valence-corrected chi connectivity index (χ1v) is 5.83. The van der Waals surface area contributed by atoms with Crippen LogP contribution >= 0.6 is 15.9 Å². The largest absolute Gasteiger partial charge is 0.383 e. The molecule has 0 bridgehead atoms. The number of halogens is 1. The molecule has 1 fully saturated rings. The molecule has 0 aromatic heterocycles. The fraction of sp³-hybridized carbons (Fsp3) is 1.00. The van der Waals surface area contributed by atoms with Crippen molar-refractivity contribution in [2.45, 2.75) is 25.1 Å². The van der Waals surface area contributed by atoms with Crippen molar-refractivity contribution in [3.8, 4) is 0 Å². The standard InChI is InChI=1S/C10H20BrNO/c1-10(2)8-12(6-7-13-3)5-4-9(10)11/h9H,4-8H2,1-3H3. The van der Waals surface area contributed by atoms with Gasteiger partial charge >= 0.3 is 0 Å². The molecule has 1 aliphatic heterocycles. The van der Waals surface area contributed by atoms with Gasteiger partial charge in [-0.3, -0.25) is 0 Å². The number of nitrogens with zero attached hydrogens (tertiary/aromatic N) is 1. The first-order valence-electron chi connectivity index (χ1n) is 4.91. The number of hydrogen-bond acceptors (Lipinski definition) is 2. The van der Waals surface area contributed by atoms with Crippen molar-refractivity contribution in [1.82, 2.24) is 4.90 Å². The number of rotatable bonds is 3. The fourth-order valence-electron chi connectivity index (χ4n) is 1.85. The SMILES string of the molecule is COCCN1CCC(Br)C(C)(C)C1. The molecule has 1 saturated heterocycles. The van der Waals surface area contributed by atoms with Crippen molar-refractivity contribution >= 4 is 15.9 Å². The van der Waals surface area contributed by atoms with Crippen LogP contribution in [0.2, 0.25) is 0 Å². The van der Waals surface area contributed by atoms with Crippen molar-refractivity contribution in [1.29, 1.82) is 0 Å². The maximum atomic E-state index is 5.09. The summed E-state index contributed by atoms with van der Waals surface area (Å²) in [6, 6.07) is 0. The average molecular weight is 250 g/mol.